The van der Waals surface area contributed by atoms with Gasteiger partial charge in [0.1, 0.15) is 18.1 Å². The van der Waals surface area contributed by atoms with Gasteiger partial charge in [-0.1, -0.05) is 29.4 Å². The van der Waals surface area contributed by atoms with Crippen molar-refractivity contribution in [2.75, 3.05) is 0 Å². The van der Waals surface area contributed by atoms with E-state index in [9.17, 15) is 9.59 Å². The summed E-state index contributed by atoms with van der Waals surface area (Å²) in [6.07, 6.45) is -0.762. The third-order valence-electron chi connectivity index (χ3n) is 5.31. The van der Waals surface area contributed by atoms with Crippen LogP contribution in [0.15, 0.2) is 47.0 Å². The Labute approximate surface area is 182 Å². The lowest BCUT2D eigenvalue weighted by Crippen LogP contribution is -2.25. The van der Waals surface area contributed by atoms with Crippen molar-refractivity contribution in [2.24, 2.45) is 0 Å². The number of hydrogen-bond donors (Lipinski definition) is 0. The van der Waals surface area contributed by atoms with Crippen molar-refractivity contribution >= 4 is 11.8 Å². The van der Waals surface area contributed by atoms with Crippen molar-refractivity contribution in [3.8, 4) is 5.75 Å². The second-order valence-corrected chi connectivity index (χ2v) is 7.71. The lowest BCUT2D eigenvalue weighted by atomic mass is 10.0. The summed E-state index contributed by atoms with van der Waals surface area (Å²) in [6, 6.07) is 12.7. The topological polar surface area (TPSA) is 78.6 Å². The SMILES string of the molecule is Cc1ccc(C(=O)[C@@H](C)OC(=O)Cc2ccc(OCc3c(C)noc3C)cc2)cc1C. The summed E-state index contributed by atoms with van der Waals surface area (Å²) in [5.74, 6) is 0.755. The van der Waals surface area contributed by atoms with Crippen molar-refractivity contribution in [1.82, 2.24) is 5.16 Å². The number of ketones is 1. The first-order valence-corrected chi connectivity index (χ1v) is 10.2. The summed E-state index contributed by atoms with van der Waals surface area (Å²) in [6.45, 7) is 9.61. The summed E-state index contributed by atoms with van der Waals surface area (Å²) in [4.78, 5) is 24.9. The van der Waals surface area contributed by atoms with E-state index in [4.69, 9.17) is 14.0 Å². The van der Waals surface area contributed by atoms with Crippen LogP contribution in [0.1, 0.15) is 51.0 Å². The predicted octanol–water partition coefficient (Wildman–Crippen LogP) is 4.84. The molecular formula is C25H27NO5. The first-order valence-electron chi connectivity index (χ1n) is 10.2. The lowest BCUT2D eigenvalue weighted by Gasteiger charge is -2.13. The van der Waals surface area contributed by atoms with E-state index in [0.717, 1.165) is 33.7 Å². The number of aryl methyl sites for hydroxylation is 4. The molecule has 0 aliphatic heterocycles. The van der Waals surface area contributed by atoms with E-state index in [1.165, 1.54) is 0 Å². The number of carbonyl (C=O) groups excluding carboxylic acids is 2. The molecule has 0 saturated carbocycles. The highest BCUT2D eigenvalue weighted by Gasteiger charge is 2.20. The standard InChI is InChI=1S/C25H27NO5/c1-15-6-9-21(12-16(15)2)25(28)19(5)30-24(27)13-20-7-10-22(11-8-20)29-14-23-17(3)26-31-18(23)4/h6-12,19H,13-14H2,1-5H3/t19-/m1/s1. The molecule has 1 aromatic heterocycles. The molecule has 0 fully saturated rings. The molecule has 2 aromatic carbocycles. The van der Waals surface area contributed by atoms with Gasteiger partial charge in [-0.05, 0) is 69.5 Å². The van der Waals surface area contributed by atoms with Gasteiger partial charge in [-0.15, -0.1) is 0 Å². The first kappa shape index (κ1) is 22.3. The van der Waals surface area contributed by atoms with Crippen LogP contribution >= 0.6 is 0 Å². The molecule has 0 aliphatic carbocycles. The number of benzene rings is 2. The normalized spacial score (nSPS) is 11.8. The zero-order chi connectivity index (χ0) is 22.5. The smallest absolute Gasteiger partial charge is 0.310 e. The predicted molar refractivity (Wildman–Crippen MR) is 116 cm³/mol. The average molecular weight is 421 g/mol. The van der Waals surface area contributed by atoms with E-state index >= 15 is 0 Å². The fourth-order valence-corrected chi connectivity index (χ4v) is 3.16. The van der Waals surface area contributed by atoms with E-state index < -0.39 is 12.1 Å². The number of Topliss-reactive ketones (excluding diaryl/α,β-unsaturated/α-hetero) is 1. The number of rotatable bonds is 8. The summed E-state index contributed by atoms with van der Waals surface area (Å²) in [7, 11) is 0. The van der Waals surface area contributed by atoms with Gasteiger partial charge in [0.25, 0.3) is 0 Å². The fourth-order valence-electron chi connectivity index (χ4n) is 3.16. The minimum atomic E-state index is -0.840. The highest BCUT2D eigenvalue weighted by atomic mass is 16.5. The second kappa shape index (κ2) is 9.60. The summed E-state index contributed by atoms with van der Waals surface area (Å²) < 4.78 is 16.3. The first-order chi connectivity index (χ1) is 14.7. The number of ether oxygens (including phenoxy) is 2. The molecule has 6 heteroatoms. The highest BCUT2D eigenvalue weighted by molar-refractivity contribution is 6.00. The number of carbonyl (C=O) groups is 2. The van der Waals surface area contributed by atoms with Crippen LogP contribution in [0.2, 0.25) is 0 Å². The Morgan fingerprint density at radius 3 is 2.32 bits per heavy atom. The van der Waals surface area contributed by atoms with Gasteiger partial charge >= 0.3 is 5.97 Å². The molecule has 3 rings (SSSR count). The maximum atomic E-state index is 12.6. The Bertz CT molecular complexity index is 1060. The Morgan fingerprint density at radius 1 is 1.00 bits per heavy atom. The maximum Gasteiger partial charge on any atom is 0.310 e. The third-order valence-corrected chi connectivity index (χ3v) is 5.31. The van der Waals surface area contributed by atoms with E-state index in [-0.39, 0.29) is 12.2 Å². The molecule has 3 aromatic rings. The minimum Gasteiger partial charge on any atom is -0.489 e. The molecule has 0 radical (unpaired) electrons. The van der Waals surface area contributed by atoms with Crippen LogP contribution in [-0.4, -0.2) is 23.0 Å². The number of hydrogen-bond acceptors (Lipinski definition) is 6. The van der Waals surface area contributed by atoms with E-state index in [1.807, 2.05) is 39.8 Å². The molecule has 31 heavy (non-hydrogen) atoms. The van der Waals surface area contributed by atoms with Crippen LogP contribution < -0.4 is 4.74 Å². The van der Waals surface area contributed by atoms with Gasteiger partial charge in [-0.3, -0.25) is 9.59 Å². The maximum absolute atomic E-state index is 12.6. The van der Waals surface area contributed by atoms with Gasteiger partial charge in [0, 0.05) is 5.56 Å². The van der Waals surface area contributed by atoms with Crippen LogP contribution in [0.4, 0.5) is 0 Å². The molecule has 1 heterocycles. The largest absolute Gasteiger partial charge is 0.489 e. The van der Waals surface area contributed by atoms with Crippen LogP contribution in [0.3, 0.4) is 0 Å². The van der Waals surface area contributed by atoms with Gasteiger partial charge in [-0.25, -0.2) is 0 Å². The third kappa shape index (κ3) is 5.60. The van der Waals surface area contributed by atoms with Crippen LogP contribution in [0, 0.1) is 27.7 Å². The van der Waals surface area contributed by atoms with Gasteiger partial charge in [-0.2, -0.15) is 0 Å². The van der Waals surface area contributed by atoms with E-state index in [0.29, 0.717) is 17.9 Å². The van der Waals surface area contributed by atoms with Crippen LogP contribution in [-0.2, 0) is 22.6 Å². The molecule has 0 bridgehead atoms. The molecule has 0 amide bonds. The van der Waals surface area contributed by atoms with Gasteiger partial charge in [0.15, 0.2) is 6.10 Å². The average Bonchev–Trinajstić information content (AvgIpc) is 3.06. The minimum absolute atomic E-state index is 0.0781. The number of esters is 1. The molecule has 0 saturated heterocycles. The fraction of sp³-hybridized carbons (Fsp3) is 0.320. The van der Waals surface area contributed by atoms with Crippen molar-refractivity contribution in [3.63, 3.8) is 0 Å². The zero-order valence-corrected chi connectivity index (χ0v) is 18.5. The van der Waals surface area contributed by atoms with Gasteiger partial charge < -0.3 is 14.0 Å². The van der Waals surface area contributed by atoms with Crippen LogP contribution in [0.25, 0.3) is 0 Å². The Balaban J connectivity index is 1.53. The Hall–Kier alpha value is -3.41. The van der Waals surface area contributed by atoms with Gasteiger partial charge in [0.05, 0.1) is 17.7 Å². The Morgan fingerprint density at radius 2 is 1.71 bits per heavy atom. The molecule has 162 valence electrons. The molecule has 0 N–H and O–H groups in total. The van der Waals surface area contributed by atoms with Crippen molar-refractivity contribution < 1.29 is 23.6 Å². The molecule has 0 unspecified atom stereocenters. The second-order valence-electron chi connectivity index (χ2n) is 7.71. The summed E-state index contributed by atoms with van der Waals surface area (Å²) >= 11 is 0. The highest BCUT2D eigenvalue weighted by Crippen LogP contribution is 2.19. The zero-order valence-electron chi connectivity index (χ0n) is 18.5. The molecule has 1 atom stereocenters. The van der Waals surface area contributed by atoms with E-state index in [2.05, 4.69) is 5.16 Å². The Kier molecular flexibility index (Phi) is 6.90. The molecule has 6 nitrogen and oxygen atoms in total. The summed E-state index contributed by atoms with van der Waals surface area (Å²) in [5, 5.41) is 3.91. The van der Waals surface area contributed by atoms with E-state index in [1.54, 1.807) is 37.3 Å². The number of nitrogens with zero attached hydrogens (tertiary/aromatic N) is 1. The summed E-state index contributed by atoms with van der Waals surface area (Å²) in [5.41, 5.74) is 5.20. The number of aromatic nitrogens is 1. The van der Waals surface area contributed by atoms with Gasteiger partial charge in [0.2, 0.25) is 5.78 Å². The lowest BCUT2D eigenvalue weighted by molar-refractivity contribution is -0.145. The molecule has 0 spiro atoms. The quantitative estimate of drug-likeness (QED) is 0.382. The molecular weight excluding hydrogens is 394 g/mol. The van der Waals surface area contributed by atoms with Crippen molar-refractivity contribution in [3.05, 3.63) is 81.7 Å². The molecule has 0 aliphatic rings. The van der Waals surface area contributed by atoms with Crippen molar-refractivity contribution in [1.29, 1.82) is 0 Å². The monoisotopic (exact) mass is 421 g/mol. The van der Waals surface area contributed by atoms with Crippen molar-refractivity contribution in [2.45, 2.75) is 53.8 Å². The van der Waals surface area contributed by atoms with Crippen LogP contribution in [0.5, 0.6) is 5.75 Å².